The van der Waals surface area contributed by atoms with Gasteiger partial charge in [-0.3, -0.25) is 14.3 Å². The van der Waals surface area contributed by atoms with Crippen LogP contribution in [0.4, 0.5) is 0 Å². The molecule has 0 aliphatic heterocycles. The number of aromatic nitrogens is 6. The third kappa shape index (κ3) is 4.11. The Morgan fingerprint density at radius 3 is 1.95 bits per heavy atom. The third-order valence-corrected chi connectivity index (χ3v) is 2.66. The van der Waals surface area contributed by atoms with Crippen molar-refractivity contribution >= 4 is 0 Å². The van der Waals surface area contributed by atoms with Gasteiger partial charge >= 0.3 is 0 Å². The quantitative estimate of drug-likeness (QED) is 0.714. The Kier molecular flexibility index (Phi) is 4.58. The molecule has 0 spiro atoms. The lowest BCUT2D eigenvalue weighted by molar-refractivity contribution is 0.205. The van der Waals surface area contributed by atoms with Crippen molar-refractivity contribution in [3.05, 3.63) is 24.3 Å². The summed E-state index contributed by atoms with van der Waals surface area (Å²) in [6.45, 7) is 2.17. The van der Waals surface area contributed by atoms with Crippen LogP contribution in [0.2, 0.25) is 0 Å². The van der Waals surface area contributed by atoms with Crippen LogP contribution >= 0.6 is 0 Å². The minimum absolute atomic E-state index is 0.168. The number of hydrogen-bond acceptors (Lipinski definition) is 6. The molecule has 19 heavy (non-hydrogen) atoms. The molecule has 0 aliphatic carbocycles. The van der Waals surface area contributed by atoms with E-state index in [0.717, 1.165) is 18.2 Å². The molecular weight excluding hydrogens is 246 g/mol. The van der Waals surface area contributed by atoms with Gasteiger partial charge in [-0.2, -0.15) is 10.2 Å². The van der Waals surface area contributed by atoms with Gasteiger partial charge in [-0.05, 0) is 6.42 Å². The minimum atomic E-state index is 0.168. The van der Waals surface area contributed by atoms with Gasteiger partial charge in [-0.15, -0.1) is 0 Å². The normalized spacial score (nSPS) is 11.4. The van der Waals surface area contributed by atoms with Crippen LogP contribution in [0, 0.1) is 0 Å². The highest BCUT2D eigenvalue weighted by atomic mass is 16.3. The Balaban J connectivity index is 1.98. The lowest BCUT2D eigenvalue weighted by Gasteiger charge is -2.18. The van der Waals surface area contributed by atoms with Crippen molar-refractivity contribution < 1.29 is 5.11 Å². The fourth-order valence-corrected chi connectivity index (χ4v) is 1.82. The molecule has 0 amide bonds. The summed E-state index contributed by atoms with van der Waals surface area (Å²) in [4.78, 5) is 10.6. The van der Waals surface area contributed by atoms with E-state index >= 15 is 0 Å². The molecule has 8 heteroatoms. The molecule has 0 radical (unpaired) electrons. The first kappa shape index (κ1) is 13.6. The Labute approximate surface area is 111 Å². The van der Waals surface area contributed by atoms with E-state index in [1.54, 1.807) is 22.0 Å². The largest absolute Gasteiger partial charge is 0.396 e. The Bertz CT molecular complexity index is 464. The van der Waals surface area contributed by atoms with Crippen molar-refractivity contribution in [3.8, 4) is 0 Å². The van der Waals surface area contributed by atoms with Crippen LogP contribution in [-0.4, -0.2) is 52.7 Å². The number of aryl methyl sites for hydroxylation is 2. The molecule has 104 valence electrons. The number of aliphatic hydroxyl groups excluding tert-OH is 1. The zero-order chi connectivity index (χ0) is 13.7. The van der Waals surface area contributed by atoms with E-state index in [1.165, 1.54) is 0 Å². The number of aliphatic hydroxyl groups is 1. The van der Waals surface area contributed by atoms with Gasteiger partial charge in [-0.1, -0.05) is 0 Å². The lowest BCUT2D eigenvalue weighted by Crippen LogP contribution is -2.26. The molecule has 2 aromatic heterocycles. The fraction of sp³-hybridized carbons (Fsp3) is 0.636. The van der Waals surface area contributed by atoms with Crippen LogP contribution in [0.15, 0.2) is 12.7 Å². The summed E-state index contributed by atoms with van der Waals surface area (Å²) in [5.74, 6) is 1.52. The van der Waals surface area contributed by atoms with Gasteiger partial charge in [0.15, 0.2) is 11.6 Å². The van der Waals surface area contributed by atoms with E-state index in [1.807, 2.05) is 14.1 Å². The number of rotatable bonds is 7. The molecule has 0 saturated carbocycles. The minimum Gasteiger partial charge on any atom is -0.396 e. The maximum absolute atomic E-state index is 8.96. The summed E-state index contributed by atoms with van der Waals surface area (Å²) in [6, 6.07) is 0. The van der Waals surface area contributed by atoms with E-state index in [2.05, 4.69) is 25.1 Å². The predicted octanol–water partition coefficient (Wildman–Crippen LogP) is -0.672. The van der Waals surface area contributed by atoms with Gasteiger partial charge in [0.1, 0.15) is 12.7 Å². The first-order valence-corrected chi connectivity index (χ1v) is 6.19. The molecule has 8 nitrogen and oxygen atoms in total. The average Bonchev–Trinajstić information content (AvgIpc) is 2.95. The summed E-state index contributed by atoms with van der Waals surface area (Å²) in [7, 11) is 3.68. The van der Waals surface area contributed by atoms with Crippen molar-refractivity contribution in [2.45, 2.75) is 19.5 Å². The summed E-state index contributed by atoms with van der Waals surface area (Å²) in [5, 5.41) is 17.5. The Morgan fingerprint density at radius 2 is 1.58 bits per heavy atom. The maximum atomic E-state index is 8.96. The molecule has 2 aromatic rings. The molecule has 0 aromatic carbocycles. The van der Waals surface area contributed by atoms with Crippen LogP contribution in [0.5, 0.6) is 0 Å². The topological polar surface area (TPSA) is 84.9 Å². The van der Waals surface area contributed by atoms with Crippen molar-refractivity contribution in [2.24, 2.45) is 14.1 Å². The van der Waals surface area contributed by atoms with Crippen molar-refractivity contribution in [1.29, 1.82) is 0 Å². The summed E-state index contributed by atoms with van der Waals surface area (Å²) >= 11 is 0. The van der Waals surface area contributed by atoms with Crippen molar-refractivity contribution in [1.82, 2.24) is 34.4 Å². The van der Waals surface area contributed by atoms with E-state index in [9.17, 15) is 0 Å². The van der Waals surface area contributed by atoms with Gasteiger partial charge in [0.25, 0.3) is 0 Å². The monoisotopic (exact) mass is 265 g/mol. The smallest absolute Gasteiger partial charge is 0.164 e. The SMILES string of the molecule is Cn1cnc(CN(CCCO)Cc2ncn(C)n2)n1. The van der Waals surface area contributed by atoms with Gasteiger partial charge in [-0.25, -0.2) is 9.97 Å². The zero-order valence-corrected chi connectivity index (χ0v) is 11.3. The molecule has 1 N–H and O–H groups in total. The molecule has 0 fully saturated rings. The number of hydrogen-bond donors (Lipinski definition) is 1. The molecule has 0 saturated heterocycles. The van der Waals surface area contributed by atoms with Crippen LogP contribution in [0.3, 0.4) is 0 Å². The third-order valence-electron chi connectivity index (χ3n) is 2.66. The van der Waals surface area contributed by atoms with Crippen LogP contribution in [0.25, 0.3) is 0 Å². The summed E-state index contributed by atoms with van der Waals surface area (Å²) in [5.41, 5.74) is 0. The van der Waals surface area contributed by atoms with Crippen LogP contribution in [0.1, 0.15) is 18.1 Å². The second kappa shape index (κ2) is 6.39. The zero-order valence-electron chi connectivity index (χ0n) is 11.3. The maximum Gasteiger partial charge on any atom is 0.164 e. The van der Waals surface area contributed by atoms with E-state index in [0.29, 0.717) is 19.5 Å². The Hall–Kier alpha value is -1.80. The van der Waals surface area contributed by atoms with Gasteiger partial charge in [0.05, 0.1) is 13.1 Å². The van der Waals surface area contributed by atoms with E-state index in [4.69, 9.17) is 5.11 Å². The van der Waals surface area contributed by atoms with E-state index in [-0.39, 0.29) is 6.61 Å². The predicted molar refractivity (Wildman–Crippen MR) is 67.8 cm³/mol. The van der Waals surface area contributed by atoms with Gasteiger partial charge in [0, 0.05) is 27.2 Å². The second-order valence-corrected chi connectivity index (χ2v) is 4.46. The fourth-order valence-electron chi connectivity index (χ4n) is 1.82. The summed E-state index contributed by atoms with van der Waals surface area (Å²) < 4.78 is 3.36. The standard InChI is InChI=1S/C11H19N7O/c1-16-8-12-10(14-16)6-18(4-3-5-19)7-11-13-9-17(2)15-11/h8-9,19H,3-7H2,1-2H3. The highest BCUT2D eigenvalue weighted by Crippen LogP contribution is 2.04. The Morgan fingerprint density at radius 1 is 1.05 bits per heavy atom. The summed E-state index contributed by atoms with van der Waals surface area (Å²) in [6.07, 6.45) is 4.07. The van der Waals surface area contributed by atoms with E-state index < -0.39 is 0 Å². The van der Waals surface area contributed by atoms with Crippen molar-refractivity contribution in [3.63, 3.8) is 0 Å². The molecule has 2 rings (SSSR count). The molecular formula is C11H19N7O. The van der Waals surface area contributed by atoms with Gasteiger partial charge < -0.3 is 5.11 Å². The highest BCUT2D eigenvalue weighted by Gasteiger charge is 2.12. The first-order valence-electron chi connectivity index (χ1n) is 6.19. The number of nitrogens with zero attached hydrogens (tertiary/aromatic N) is 7. The molecule has 0 aliphatic rings. The lowest BCUT2D eigenvalue weighted by atomic mass is 10.3. The van der Waals surface area contributed by atoms with Crippen molar-refractivity contribution in [2.75, 3.05) is 13.2 Å². The molecule has 0 bridgehead atoms. The first-order chi connectivity index (χ1) is 9.17. The van der Waals surface area contributed by atoms with Crippen LogP contribution in [-0.2, 0) is 27.2 Å². The average molecular weight is 265 g/mol. The molecule has 2 heterocycles. The second-order valence-electron chi connectivity index (χ2n) is 4.46. The van der Waals surface area contributed by atoms with Gasteiger partial charge in [0.2, 0.25) is 0 Å². The van der Waals surface area contributed by atoms with Crippen LogP contribution < -0.4 is 0 Å². The molecule has 0 unspecified atom stereocenters. The molecule has 0 atom stereocenters. The highest BCUT2D eigenvalue weighted by molar-refractivity contribution is 4.86.